The van der Waals surface area contributed by atoms with E-state index in [1.165, 1.54) is 0 Å². The van der Waals surface area contributed by atoms with Crippen LogP contribution in [0, 0.1) is 0 Å². The zero-order valence-electron chi connectivity index (χ0n) is 18.6. The fourth-order valence-electron chi connectivity index (χ4n) is 4.20. The summed E-state index contributed by atoms with van der Waals surface area (Å²) >= 11 is 0. The summed E-state index contributed by atoms with van der Waals surface area (Å²) in [5, 5.41) is 2.95. The van der Waals surface area contributed by atoms with Crippen molar-refractivity contribution in [3.8, 4) is 0 Å². The van der Waals surface area contributed by atoms with Crippen molar-refractivity contribution in [1.82, 2.24) is 9.97 Å². The number of benzene rings is 1. The number of hydrogen-bond donors (Lipinski definition) is 1. The summed E-state index contributed by atoms with van der Waals surface area (Å²) in [7, 11) is 0. The molecule has 1 amide bonds. The molecule has 2 fully saturated rings. The second kappa shape index (κ2) is 9.87. The number of nitrogens with zero attached hydrogens (tertiary/aromatic N) is 5. The van der Waals surface area contributed by atoms with Gasteiger partial charge >= 0.3 is 0 Å². The molecule has 1 N–H and O–H groups in total. The number of anilines is 4. The third-order valence-corrected chi connectivity index (χ3v) is 6.09. The molecule has 0 saturated carbocycles. The number of ether oxygens (including phenoxy) is 1. The molecule has 5 rings (SSSR count). The van der Waals surface area contributed by atoms with Crippen LogP contribution in [-0.2, 0) is 4.74 Å². The Bertz CT molecular complexity index is 1040. The minimum absolute atomic E-state index is 0.137. The van der Waals surface area contributed by atoms with E-state index in [1.807, 2.05) is 60.8 Å². The number of aromatic nitrogens is 2. The van der Waals surface area contributed by atoms with Crippen molar-refractivity contribution in [3.05, 3.63) is 72.6 Å². The van der Waals surface area contributed by atoms with E-state index >= 15 is 0 Å². The van der Waals surface area contributed by atoms with E-state index in [1.54, 1.807) is 6.20 Å². The third kappa shape index (κ3) is 5.06. The summed E-state index contributed by atoms with van der Waals surface area (Å²) < 4.78 is 5.40. The summed E-state index contributed by atoms with van der Waals surface area (Å²) in [5.74, 6) is 1.80. The van der Waals surface area contributed by atoms with Crippen molar-refractivity contribution in [2.75, 3.05) is 72.5 Å². The first-order valence-corrected chi connectivity index (χ1v) is 11.4. The maximum atomic E-state index is 12.7. The van der Waals surface area contributed by atoms with Crippen LogP contribution in [-0.4, -0.2) is 68.4 Å². The highest BCUT2D eigenvalue weighted by Crippen LogP contribution is 2.20. The second-order valence-corrected chi connectivity index (χ2v) is 8.17. The van der Waals surface area contributed by atoms with E-state index in [-0.39, 0.29) is 5.91 Å². The minimum atomic E-state index is -0.137. The van der Waals surface area contributed by atoms with Gasteiger partial charge in [-0.2, -0.15) is 0 Å². The Labute approximate surface area is 193 Å². The van der Waals surface area contributed by atoms with Gasteiger partial charge in [0.15, 0.2) is 0 Å². The van der Waals surface area contributed by atoms with Gasteiger partial charge in [-0.15, -0.1) is 0 Å². The summed E-state index contributed by atoms with van der Waals surface area (Å²) in [4.78, 5) is 28.5. The topological polar surface area (TPSA) is 73.8 Å². The molecule has 0 atom stereocenters. The molecule has 2 aliphatic rings. The number of rotatable bonds is 5. The number of carbonyl (C=O) groups is 1. The van der Waals surface area contributed by atoms with Gasteiger partial charge in [-0.1, -0.05) is 6.07 Å². The monoisotopic (exact) mass is 444 g/mol. The fourth-order valence-corrected chi connectivity index (χ4v) is 4.20. The van der Waals surface area contributed by atoms with E-state index < -0.39 is 0 Å². The fraction of sp³-hybridized carbons (Fsp3) is 0.320. The average molecular weight is 445 g/mol. The van der Waals surface area contributed by atoms with Gasteiger partial charge < -0.3 is 24.8 Å². The summed E-state index contributed by atoms with van der Waals surface area (Å²) in [6.07, 6.45) is 3.55. The number of nitrogens with one attached hydrogen (secondary N) is 1. The van der Waals surface area contributed by atoms with Gasteiger partial charge in [-0.25, -0.2) is 9.97 Å². The zero-order chi connectivity index (χ0) is 22.5. The van der Waals surface area contributed by atoms with Crippen LogP contribution in [0.15, 0.2) is 67.0 Å². The maximum Gasteiger partial charge on any atom is 0.255 e. The molecule has 0 spiro atoms. The van der Waals surface area contributed by atoms with Gasteiger partial charge in [0, 0.05) is 56.7 Å². The van der Waals surface area contributed by atoms with E-state index in [9.17, 15) is 4.79 Å². The van der Waals surface area contributed by atoms with Crippen LogP contribution in [0.2, 0.25) is 0 Å². The van der Waals surface area contributed by atoms with Crippen molar-refractivity contribution in [2.24, 2.45) is 0 Å². The van der Waals surface area contributed by atoms with Crippen LogP contribution in [0.1, 0.15) is 10.4 Å². The van der Waals surface area contributed by atoms with Crippen LogP contribution in [0.25, 0.3) is 0 Å². The third-order valence-electron chi connectivity index (χ3n) is 6.09. The maximum absolute atomic E-state index is 12.7. The number of morpholine rings is 1. The predicted molar refractivity (Wildman–Crippen MR) is 130 cm³/mol. The van der Waals surface area contributed by atoms with Crippen molar-refractivity contribution in [2.45, 2.75) is 0 Å². The molecule has 4 heterocycles. The van der Waals surface area contributed by atoms with E-state index in [0.29, 0.717) is 11.3 Å². The molecule has 170 valence electrons. The molecular weight excluding hydrogens is 416 g/mol. The standard InChI is InChI=1S/C25H28N6O2/c32-25(20-4-7-22(8-5-20)29-15-17-33-18-16-29)28-21-6-9-24(27-19-21)31-13-11-30(12-14-31)23-3-1-2-10-26-23/h1-10,19H,11-18H2,(H,28,32). The molecule has 2 aromatic heterocycles. The second-order valence-electron chi connectivity index (χ2n) is 8.17. The minimum Gasteiger partial charge on any atom is -0.378 e. The highest BCUT2D eigenvalue weighted by Gasteiger charge is 2.19. The summed E-state index contributed by atoms with van der Waals surface area (Å²) in [6.45, 7) is 6.80. The van der Waals surface area contributed by atoms with Gasteiger partial charge in [-0.05, 0) is 48.5 Å². The largest absolute Gasteiger partial charge is 0.378 e. The Morgan fingerprint density at radius 2 is 1.45 bits per heavy atom. The molecule has 0 bridgehead atoms. The van der Waals surface area contributed by atoms with Gasteiger partial charge in [-0.3, -0.25) is 4.79 Å². The Balaban J connectivity index is 1.15. The van der Waals surface area contributed by atoms with Crippen molar-refractivity contribution < 1.29 is 9.53 Å². The van der Waals surface area contributed by atoms with Gasteiger partial charge in [0.1, 0.15) is 11.6 Å². The SMILES string of the molecule is O=C(Nc1ccc(N2CCN(c3ccccn3)CC2)nc1)c1ccc(N2CCOCC2)cc1. The first-order valence-electron chi connectivity index (χ1n) is 11.4. The summed E-state index contributed by atoms with van der Waals surface area (Å²) in [5.41, 5.74) is 2.43. The van der Waals surface area contributed by atoms with Gasteiger partial charge in [0.2, 0.25) is 0 Å². The van der Waals surface area contributed by atoms with Crippen LogP contribution in [0.3, 0.4) is 0 Å². The van der Waals surface area contributed by atoms with Crippen LogP contribution >= 0.6 is 0 Å². The number of carbonyl (C=O) groups excluding carboxylic acids is 1. The highest BCUT2D eigenvalue weighted by molar-refractivity contribution is 6.04. The van der Waals surface area contributed by atoms with E-state index in [0.717, 1.165) is 69.8 Å². The molecule has 2 aliphatic heterocycles. The molecule has 1 aromatic carbocycles. The smallest absolute Gasteiger partial charge is 0.255 e. The Kier molecular flexibility index (Phi) is 6.34. The average Bonchev–Trinajstić information content (AvgIpc) is 2.90. The first kappa shape index (κ1) is 21.2. The lowest BCUT2D eigenvalue weighted by Gasteiger charge is -2.36. The molecule has 0 radical (unpaired) electrons. The predicted octanol–water partition coefficient (Wildman–Crippen LogP) is 2.89. The molecule has 8 nitrogen and oxygen atoms in total. The highest BCUT2D eigenvalue weighted by atomic mass is 16.5. The van der Waals surface area contributed by atoms with Gasteiger partial charge in [0.05, 0.1) is 25.1 Å². The number of hydrogen-bond acceptors (Lipinski definition) is 7. The zero-order valence-corrected chi connectivity index (χ0v) is 18.6. The normalized spacial score (nSPS) is 16.5. The summed E-state index contributed by atoms with van der Waals surface area (Å²) in [6, 6.07) is 17.6. The quantitative estimate of drug-likeness (QED) is 0.649. The molecule has 2 saturated heterocycles. The van der Waals surface area contributed by atoms with Crippen molar-refractivity contribution in [3.63, 3.8) is 0 Å². The Hall–Kier alpha value is -3.65. The van der Waals surface area contributed by atoms with E-state index in [2.05, 4.69) is 30.0 Å². The van der Waals surface area contributed by atoms with Crippen molar-refractivity contribution in [1.29, 1.82) is 0 Å². The molecule has 33 heavy (non-hydrogen) atoms. The van der Waals surface area contributed by atoms with Gasteiger partial charge in [0.25, 0.3) is 5.91 Å². The molecule has 0 unspecified atom stereocenters. The van der Waals surface area contributed by atoms with Crippen molar-refractivity contribution >= 4 is 28.9 Å². The lowest BCUT2D eigenvalue weighted by Crippen LogP contribution is -2.47. The van der Waals surface area contributed by atoms with Crippen LogP contribution < -0.4 is 20.0 Å². The Morgan fingerprint density at radius 3 is 2.06 bits per heavy atom. The van der Waals surface area contributed by atoms with E-state index in [4.69, 9.17) is 4.74 Å². The number of pyridine rings is 2. The molecule has 0 aliphatic carbocycles. The first-order chi connectivity index (χ1) is 16.3. The lowest BCUT2D eigenvalue weighted by molar-refractivity contribution is 0.102. The van der Waals surface area contributed by atoms with Crippen LogP contribution in [0.4, 0.5) is 23.0 Å². The number of piperazine rings is 1. The lowest BCUT2D eigenvalue weighted by atomic mass is 10.1. The molecular formula is C25H28N6O2. The Morgan fingerprint density at radius 1 is 0.758 bits per heavy atom. The molecule has 8 heteroatoms. The molecule has 3 aromatic rings. The number of amides is 1. The van der Waals surface area contributed by atoms with Crippen LogP contribution in [0.5, 0.6) is 0 Å².